The lowest BCUT2D eigenvalue weighted by molar-refractivity contribution is 0.586. The Kier molecular flexibility index (Phi) is 2.55. The maximum absolute atomic E-state index is 12.2. The highest BCUT2D eigenvalue weighted by atomic mass is 32.2. The van der Waals surface area contributed by atoms with Gasteiger partial charge in [0, 0.05) is 12.4 Å². The lowest BCUT2D eigenvalue weighted by Crippen LogP contribution is -2.13. The molecule has 0 aliphatic carbocycles. The number of hydrogen-bond acceptors (Lipinski definition) is 3. The summed E-state index contributed by atoms with van der Waals surface area (Å²) in [6.07, 6.45) is 2.92. The molecule has 2 rings (SSSR count). The molecule has 0 saturated carbocycles. The van der Waals surface area contributed by atoms with E-state index in [2.05, 4.69) is 4.98 Å². The Morgan fingerprint density at radius 1 is 1.12 bits per heavy atom. The molecule has 0 aliphatic rings. The van der Waals surface area contributed by atoms with Crippen molar-refractivity contribution in [2.75, 3.05) is 0 Å². The molecule has 4 nitrogen and oxygen atoms in total. The van der Waals surface area contributed by atoms with Crippen LogP contribution in [0.5, 0.6) is 0 Å². The largest absolute Gasteiger partial charge is 0.269 e. The van der Waals surface area contributed by atoms with E-state index in [0.717, 1.165) is 5.56 Å². The maximum Gasteiger partial charge on any atom is 0.269 e. The summed E-state index contributed by atoms with van der Waals surface area (Å²) in [6, 6.07) is 6.76. The Morgan fingerprint density at radius 3 is 2.25 bits per heavy atom. The predicted molar refractivity (Wildman–Crippen MR) is 60.7 cm³/mol. The molecule has 0 N–H and O–H groups in total. The number of imidazole rings is 1. The molecule has 1 heterocycles. The van der Waals surface area contributed by atoms with E-state index in [0.29, 0.717) is 5.82 Å². The molecule has 16 heavy (non-hydrogen) atoms. The van der Waals surface area contributed by atoms with Crippen LogP contribution in [0.4, 0.5) is 0 Å². The number of aryl methyl sites for hydroxylation is 2. The van der Waals surface area contributed by atoms with Crippen LogP contribution in [0.2, 0.25) is 0 Å². The van der Waals surface area contributed by atoms with Gasteiger partial charge < -0.3 is 0 Å². The fourth-order valence-electron chi connectivity index (χ4n) is 1.44. The first-order valence-corrected chi connectivity index (χ1v) is 6.28. The fraction of sp³-hybridized carbons (Fsp3) is 0.182. The average Bonchev–Trinajstić information content (AvgIpc) is 2.66. The summed E-state index contributed by atoms with van der Waals surface area (Å²) in [5.74, 6) is 0.459. The zero-order valence-electron chi connectivity index (χ0n) is 9.08. The monoisotopic (exact) mass is 236 g/mol. The van der Waals surface area contributed by atoms with E-state index in [-0.39, 0.29) is 4.90 Å². The lowest BCUT2D eigenvalue weighted by Gasteiger charge is -2.06. The molecule has 0 radical (unpaired) electrons. The van der Waals surface area contributed by atoms with Gasteiger partial charge in [0.15, 0.2) is 0 Å². The van der Waals surface area contributed by atoms with E-state index >= 15 is 0 Å². The Morgan fingerprint density at radius 2 is 1.75 bits per heavy atom. The Bertz CT molecular complexity index is 597. The Hall–Kier alpha value is -1.62. The van der Waals surface area contributed by atoms with Gasteiger partial charge in [-0.2, -0.15) is 0 Å². The van der Waals surface area contributed by atoms with Crippen LogP contribution in [0.25, 0.3) is 0 Å². The third kappa shape index (κ3) is 1.74. The molecule has 5 heteroatoms. The van der Waals surface area contributed by atoms with Crippen LogP contribution in [-0.4, -0.2) is 17.4 Å². The van der Waals surface area contributed by atoms with Gasteiger partial charge in [-0.25, -0.2) is 17.4 Å². The van der Waals surface area contributed by atoms with Gasteiger partial charge in [0.05, 0.1) is 4.90 Å². The number of aromatic nitrogens is 2. The molecule has 0 amide bonds. The first kappa shape index (κ1) is 10.9. The molecular weight excluding hydrogens is 224 g/mol. The second-order valence-electron chi connectivity index (χ2n) is 3.59. The van der Waals surface area contributed by atoms with Gasteiger partial charge in [-0.15, -0.1) is 0 Å². The van der Waals surface area contributed by atoms with Gasteiger partial charge in [0.1, 0.15) is 5.82 Å². The Labute approximate surface area is 94.6 Å². The summed E-state index contributed by atoms with van der Waals surface area (Å²) in [5, 5.41) is 0. The van der Waals surface area contributed by atoms with Crippen LogP contribution < -0.4 is 0 Å². The van der Waals surface area contributed by atoms with Crippen LogP contribution in [0, 0.1) is 13.8 Å². The molecule has 1 aromatic heterocycles. The summed E-state index contributed by atoms with van der Waals surface area (Å²) in [4.78, 5) is 4.19. The van der Waals surface area contributed by atoms with Gasteiger partial charge in [0.25, 0.3) is 10.0 Å². The van der Waals surface area contributed by atoms with Crippen molar-refractivity contribution in [3.63, 3.8) is 0 Å². The first-order chi connectivity index (χ1) is 7.51. The van der Waals surface area contributed by atoms with Gasteiger partial charge in [-0.1, -0.05) is 17.7 Å². The number of benzene rings is 1. The highest BCUT2D eigenvalue weighted by Crippen LogP contribution is 2.15. The van der Waals surface area contributed by atoms with Crippen molar-refractivity contribution in [1.82, 2.24) is 8.96 Å². The van der Waals surface area contributed by atoms with Gasteiger partial charge in [-0.3, -0.25) is 0 Å². The maximum atomic E-state index is 12.2. The van der Waals surface area contributed by atoms with Crippen molar-refractivity contribution in [3.8, 4) is 0 Å². The van der Waals surface area contributed by atoms with Crippen LogP contribution in [0.1, 0.15) is 11.4 Å². The quantitative estimate of drug-likeness (QED) is 0.798. The van der Waals surface area contributed by atoms with Crippen LogP contribution in [0.15, 0.2) is 41.6 Å². The van der Waals surface area contributed by atoms with Crippen LogP contribution in [0.3, 0.4) is 0 Å². The third-order valence-corrected chi connectivity index (χ3v) is 4.13. The van der Waals surface area contributed by atoms with Crippen molar-refractivity contribution in [1.29, 1.82) is 0 Å². The van der Waals surface area contributed by atoms with Gasteiger partial charge >= 0.3 is 0 Å². The van der Waals surface area contributed by atoms with Crippen LogP contribution in [-0.2, 0) is 10.0 Å². The van der Waals surface area contributed by atoms with Crippen LogP contribution >= 0.6 is 0 Å². The summed E-state index contributed by atoms with van der Waals surface area (Å²) in [6.45, 7) is 3.57. The standard InChI is InChI=1S/C11H12N2O2S/c1-9-3-5-11(6-4-9)16(14,15)13-8-7-12-10(13)2/h3-8H,1-2H3. The smallest absolute Gasteiger partial charge is 0.241 e. The molecule has 0 saturated heterocycles. The second kappa shape index (κ2) is 3.75. The molecular formula is C11H12N2O2S. The minimum atomic E-state index is -3.49. The molecule has 0 spiro atoms. The SMILES string of the molecule is Cc1ccc(S(=O)(=O)n2ccnc2C)cc1. The highest BCUT2D eigenvalue weighted by Gasteiger charge is 2.17. The van der Waals surface area contributed by atoms with Crippen molar-refractivity contribution in [3.05, 3.63) is 48.0 Å². The van der Waals surface area contributed by atoms with E-state index in [1.54, 1.807) is 31.2 Å². The van der Waals surface area contributed by atoms with E-state index in [1.165, 1.54) is 16.4 Å². The molecule has 0 atom stereocenters. The van der Waals surface area contributed by atoms with Gasteiger partial charge in [-0.05, 0) is 26.0 Å². The normalized spacial score (nSPS) is 11.6. The van der Waals surface area contributed by atoms with E-state index < -0.39 is 10.0 Å². The summed E-state index contributed by atoms with van der Waals surface area (Å²) < 4.78 is 25.5. The van der Waals surface area contributed by atoms with E-state index in [4.69, 9.17) is 0 Å². The second-order valence-corrected chi connectivity index (χ2v) is 5.40. The fourth-order valence-corrected chi connectivity index (χ4v) is 2.76. The molecule has 0 bridgehead atoms. The number of nitrogens with zero attached hydrogens (tertiary/aromatic N) is 2. The molecule has 0 aliphatic heterocycles. The third-order valence-electron chi connectivity index (χ3n) is 2.36. The molecule has 0 unspecified atom stereocenters. The number of rotatable bonds is 2. The van der Waals surface area contributed by atoms with Crippen molar-refractivity contribution in [2.45, 2.75) is 18.7 Å². The average molecular weight is 236 g/mol. The molecule has 84 valence electrons. The molecule has 1 aromatic carbocycles. The van der Waals surface area contributed by atoms with E-state index in [9.17, 15) is 8.42 Å². The predicted octanol–water partition coefficient (Wildman–Crippen LogP) is 1.74. The zero-order chi connectivity index (χ0) is 11.8. The lowest BCUT2D eigenvalue weighted by atomic mass is 10.2. The molecule has 0 fully saturated rings. The topological polar surface area (TPSA) is 52.0 Å². The molecule has 2 aromatic rings. The zero-order valence-corrected chi connectivity index (χ0v) is 9.90. The van der Waals surface area contributed by atoms with E-state index in [1.807, 2.05) is 6.92 Å². The summed E-state index contributed by atoms with van der Waals surface area (Å²) in [7, 11) is -3.49. The first-order valence-electron chi connectivity index (χ1n) is 4.84. The van der Waals surface area contributed by atoms with Gasteiger partial charge in [0.2, 0.25) is 0 Å². The van der Waals surface area contributed by atoms with Crippen molar-refractivity contribution in [2.24, 2.45) is 0 Å². The number of hydrogen-bond donors (Lipinski definition) is 0. The summed E-state index contributed by atoms with van der Waals surface area (Å²) >= 11 is 0. The van der Waals surface area contributed by atoms with Crippen molar-refractivity contribution >= 4 is 10.0 Å². The summed E-state index contributed by atoms with van der Waals surface area (Å²) in [5.41, 5.74) is 1.03. The highest BCUT2D eigenvalue weighted by molar-refractivity contribution is 7.90. The minimum Gasteiger partial charge on any atom is -0.241 e. The Balaban J connectivity index is 2.56. The van der Waals surface area contributed by atoms with Crippen molar-refractivity contribution < 1.29 is 8.42 Å². The minimum absolute atomic E-state index is 0.277.